The van der Waals surface area contributed by atoms with Crippen LogP contribution in [0.5, 0.6) is 5.75 Å². The molecule has 0 spiro atoms. The van der Waals surface area contributed by atoms with Crippen molar-refractivity contribution in [3.05, 3.63) is 59.0 Å². The number of benzene rings is 2. The van der Waals surface area contributed by atoms with Crippen LogP contribution >= 0.6 is 22.9 Å². The number of fused-ring (bicyclic) bond motifs is 3. The summed E-state index contributed by atoms with van der Waals surface area (Å²) < 4.78 is 6.43. The molecular formula is C27H31ClN4O4S. The second kappa shape index (κ2) is 12.5. The molecule has 0 bridgehead atoms. The number of methoxy groups -OCH3 is 1. The Hall–Kier alpha value is -2.98. The van der Waals surface area contributed by atoms with E-state index in [1.54, 1.807) is 18.4 Å². The highest BCUT2D eigenvalue weighted by Crippen LogP contribution is 2.39. The van der Waals surface area contributed by atoms with Crippen LogP contribution in [0.2, 0.25) is 5.02 Å². The summed E-state index contributed by atoms with van der Waals surface area (Å²) in [4.78, 5) is 22.3. The van der Waals surface area contributed by atoms with Gasteiger partial charge in [0.2, 0.25) is 0 Å². The van der Waals surface area contributed by atoms with Crippen molar-refractivity contribution in [1.29, 1.82) is 0 Å². The standard InChI is InChI=1S/C25H24ClN3O3S.C2H7NO/c1-32-20-11-10-16(12-18(20)26)27-13-19-22-17-4-2-3-5-21(17)33-24(22)29-23(28-19)14-6-8-15(9-7-14)25(30)31;3-1-2-4/h2-5,10-12,14-15,27H,6-9,13H2,1H3,(H,30,31);4H,1-3H2. The number of ether oxygens (including phenoxy) is 1. The van der Waals surface area contributed by atoms with Gasteiger partial charge in [-0.2, -0.15) is 0 Å². The lowest BCUT2D eigenvalue weighted by atomic mass is 9.81. The summed E-state index contributed by atoms with van der Waals surface area (Å²) in [6.45, 7) is 1.000. The molecule has 2 aromatic heterocycles. The number of carboxylic acids is 1. The van der Waals surface area contributed by atoms with Gasteiger partial charge < -0.3 is 26.0 Å². The van der Waals surface area contributed by atoms with Crippen molar-refractivity contribution in [3.8, 4) is 5.75 Å². The second-order valence-electron chi connectivity index (χ2n) is 8.91. The Morgan fingerprint density at radius 2 is 1.92 bits per heavy atom. The molecule has 37 heavy (non-hydrogen) atoms. The molecule has 0 atom stereocenters. The molecule has 196 valence electrons. The average Bonchev–Trinajstić information content (AvgIpc) is 3.30. The van der Waals surface area contributed by atoms with Crippen molar-refractivity contribution < 1.29 is 19.7 Å². The Bertz CT molecular complexity index is 1370. The van der Waals surface area contributed by atoms with E-state index in [1.807, 2.05) is 30.3 Å². The normalized spacial score (nSPS) is 17.3. The molecule has 1 aliphatic carbocycles. The third kappa shape index (κ3) is 6.30. The van der Waals surface area contributed by atoms with E-state index in [9.17, 15) is 9.90 Å². The molecular weight excluding hydrogens is 512 g/mol. The Labute approximate surface area is 224 Å². The molecule has 10 heteroatoms. The molecule has 1 aliphatic rings. The first-order valence-corrected chi connectivity index (χ1v) is 13.4. The Kier molecular flexibility index (Phi) is 9.15. The summed E-state index contributed by atoms with van der Waals surface area (Å²) in [5.74, 6) is 0.689. The van der Waals surface area contributed by atoms with Gasteiger partial charge in [0, 0.05) is 33.6 Å². The summed E-state index contributed by atoms with van der Waals surface area (Å²) in [6.07, 6.45) is 2.94. The van der Waals surface area contributed by atoms with E-state index in [-0.39, 0.29) is 18.4 Å². The van der Waals surface area contributed by atoms with E-state index in [4.69, 9.17) is 37.1 Å². The van der Waals surface area contributed by atoms with Crippen LogP contribution in [0.3, 0.4) is 0 Å². The molecule has 1 fully saturated rings. The topological polar surface area (TPSA) is 131 Å². The van der Waals surface area contributed by atoms with Crippen molar-refractivity contribution in [3.63, 3.8) is 0 Å². The number of hydrogen-bond acceptors (Lipinski definition) is 8. The minimum absolute atomic E-state index is 0.0972. The number of rotatable bonds is 7. The van der Waals surface area contributed by atoms with Gasteiger partial charge in [-0.15, -0.1) is 11.3 Å². The van der Waals surface area contributed by atoms with Gasteiger partial charge in [0.05, 0.1) is 36.9 Å². The van der Waals surface area contributed by atoms with Gasteiger partial charge in [-0.25, -0.2) is 9.97 Å². The van der Waals surface area contributed by atoms with Crippen LogP contribution in [-0.4, -0.2) is 46.4 Å². The SMILES string of the molecule is COc1ccc(NCc2nc(C3CCC(C(=O)O)CC3)nc3sc4ccccc4c23)cc1Cl.NCCO. The Balaban J connectivity index is 0.000000747. The molecule has 0 amide bonds. The number of nitrogens with zero attached hydrogens (tertiary/aromatic N) is 2. The largest absolute Gasteiger partial charge is 0.495 e. The Morgan fingerprint density at radius 3 is 2.57 bits per heavy atom. The monoisotopic (exact) mass is 542 g/mol. The van der Waals surface area contributed by atoms with E-state index in [2.05, 4.69) is 17.4 Å². The van der Waals surface area contributed by atoms with Crippen LogP contribution < -0.4 is 15.8 Å². The molecule has 0 radical (unpaired) electrons. The van der Waals surface area contributed by atoms with E-state index < -0.39 is 5.97 Å². The smallest absolute Gasteiger partial charge is 0.306 e. The van der Waals surface area contributed by atoms with Gasteiger partial charge in [-0.3, -0.25) is 4.79 Å². The van der Waals surface area contributed by atoms with Gasteiger partial charge in [-0.05, 0) is 49.9 Å². The first-order chi connectivity index (χ1) is 17.9. The van der Waals surface area contributed by atoms with Crippen molar-refractivity contribution in [2.75, 3.05) is 25.6 Å². The number of nitrogens with two attached hydrogens (primary N) is 1. The molecule has 4 aromatic rings. The van der Waals surface area contributed by atoms with Gasteiger partial charge >= 0.3 is 5.97 Å². The summed E-state index contributed by atoms with van der Waals surface area (Å²) in [5.41, 5.74) is 6.61. The fraction of sp³-hybridized carbons (Fsp3) is 0.370. The highest BCUT2D eigenvalue weighted by molar-refractivity contribution is 7.25. The van der Waals surface area contributed by atoms with Gasteiger partial charge in [0.1, 0.15) is 16.4 Å². The number of hydrogen-bond donors (Lipinski definition) is 4. The van der Waals surface area contributed by atoms with Crippen LogP contribution in [0.15, 0.2) is 42.5 Å². The number of aliphatic hydroxyl groups is 1. The quantitative estimate of drug-likeness (QED) is 0.244. The van der Waals surface area contributed by atoms with Crippen LogP contribution in [0.25, 0.3) is 20.3 Å². The molecule has 0 saturated heterocycles. The third-order valence-electron chi connectivity index (χ3n) is 6.51. The zero-order valence-electron chi connectivity index (χ0n) is 20.6. The van der Waals surface area contributed by atoms with Gasteiger partial charge in [-0.1, -0.05) is 29.8 Å². The maximum absolute atomic E-state index is 11.4. The summed E-state index contributed by atoms with van der Waals surface area (Å²) in [6, 6.07) is 13.9. The van der Waals surface area contributed by atoms with Crippen LogP contribution in [0.4, 0.5) is 5.69 Å². The molecule has 5 rings (SSSR count). The fourth-order valence-electron chi connectivity index (χ4n) is 4.58. The molecule has 8 nitrogen and oxygen atoms in total. The predicted octanol–water partition coefficient (Wildman–Crippen LogP) is 5.41. The first kappa shape index (κ1) is 27.1. The van der Waals surface area contributed by atoms with E-state index in [0.29, 0.717) is 36.7 Å². The van der Waals surface area contributed by atoms with Gasteiger partial charge in [0.15, 0.2) is 0 Å². The van der Waals surface area contributed by atoms with Crippen LogP contribution in [-0.2, 0) is 11.3 Å². The highest BCUT2D eigenvalue weighted by atomic mass is 35.5. The molecule has 0 aliphatic heterocycles. The number of aliphatic carboxylic acids is 1. The van der Waals surface area contributed by atoms with Crippen molar-refractivity contribution in [1.82, 2.24) is 9.97 Å². The van der Waals surface area contributed by atoms with E-state index >= 15 is 0 Å². The van der Waals surface area contributed by atoms with E-state index in [1.165, 1.54) is 4.70 Å². The van der Waals surface area contributed by atoms with Crippen molar-refractivity contribution in [2.24, 2.45) is 11.7 Å². The lowest BCUT2D eigenvalue weighted by Crippen LogP contribution is -2.21. The number of carbonyl (C=O) groups is 1. The predicted molar refractivity (Wildman–Crippen MR) is 149 cm³/mol. The van der Waals surface area contributed by atoms with Crippen molar-refractivity contribution in [2.45, 2.75) is 38.1 Å². The molecule has 1 saturated carbocycles. The maximum Gasteiger partial charge on any atom is 0.306 e. The minimum atomic E-state index is -0.697. The van der Waals surface area contributed by atoms with Gasteiger partial charge in [0.25, 0.3) is 0 Å². The molecule has 2 aromatic carbocycles. The zero-order valence-corrected chi connectivity index (χ0v) is 22.2. The number of nitrogens with one attached hydrogen (secondary N) is 1. The number of aromatic nitrogens is 2. The summed E-state index contributed by atoms with van der Waals surface area (Å²) in [5, 5.41) is 23.3. The number of halogens is 1. The summed E-state index contributed by atoms with van der Waals surface area (Å²) >= 11 is 7.97. The highest BCUT2D eigenvalue weighted by Gasteiger charge is 2.29. The number of carboxylic acid groups (broad SMARTS) is 1. The number of anilines is 1. The third-order valence-corrected chi connectivity index (χ3v) is 7.87. The molecule has 0 unspecified atom stereocenters. The van der Waals surface area contributed by atoms with Crippen LogP contribution in [0, 0.1) is 5.92 Å². The fourth-order valence-corrected chi connectivity index (χ4v) is 5.95. The molecule has 5 N–H and O–H groups in total. The molecule has 2 heterocycles. The van der Waals surface area contributed by atoms with E-state index in [0.717, 1.165) is 45.7 Å². The zero-order chi connectivity index (χ0) is 26.4. The Morgan fingerprint density at radius 1 is 1.19 bits per heavy atom. The van der Waals surface area contributed by atoms with Crippen LogP contribution in [0.1, 0.15) is 43.1 Å². The average molecular weight is 543 g/mol. The number of aliphatic hydroxyl groups excluding tert-OH is 1. The lowest BCUT2D eigenvalue weighted by Gasteiger charge is -2.25. The minimum Gasteiger partial charge on any atom is -0.495 e. The number of thiophene rings is 1. The van der Waals surface area contributed by atoms with Crippen molar-refractivity contribution >= 4 is 54.9 Å². The first-order valence-electron chi connectivity index (χ1n) is 12.2. The second-order valence-corrected chi connectivity index (χ2v) is 10.3. The summed E-state index contributed by atoms with van der Waals surface area (Å²) in [7, 11) is 1.60. The maximum atomic E-state index is 11.4. The lowest BCUT2D eigenvalue weighted by molar-refractivity contribution is -0.142.